The fourth-order valence-electron chi connectivity index (χ4n) is 4.68. The maximum atomic E-state index is 13.0. The monoisotopic (exact) mass is 386 g/mol. The van der Waals surface area contributed by atoms with E-state index in [2.05, 4.69) is 26.1 Å². The van der Waals surface area contributed by atoms with Gasteiger partial charge in [0.2, 0.25) is 0 Å². The Hall–Kier alpha value is -2.70. The van der Waals surface area contributed by atoms with Gasteiger partial charge >= 0.3 is 12.0 Å². The van der Waals surface area contributed by atoms with E-state index in [9.17, 15) is 19.2 Å². The van der Waals surface area contributed by atoms with Crippen LogP contribution in [0, 0.1) is 11.3 Å². The molecule has 0 bridgehead atoms. The number of urea groups is 1. The summed E-state index contributed by atoms with van der Waals surface area (Å²) in [7, 11) is 0. The molecule has 1 spiro atoms. The van der Waals surface area contributed by atoms with Crippen molar-refractivity contribution in [2.24, 2.45) is 11.3 Å². The van der Waals surface area contributed by atoms with Crippen LogP contribution in [0.4, 0.5) is 4.79 Å². The van der Waals surface area contributed by atoms with Crippen molar-refractivity contribution in [2.45, 2.75) is 45.6 Å². The Balaban J connectivity index is 1.61. The first-order valence-electron chi connectivity index (χ1n) is 9.50. The molecule has 2 aliphatic rings. The van der Waals surface area contributed by atoms with Crippen LogP contribution in [0.15, 0.2) is 30.3 Å². The molecule has 3 amide bonds. The van der Waals surface area contributed by atoms with Gasteiger partial charge in [0.25, 0.3) is 5.91 Å². The van der Waals surface area contributed by atoms with Crippen LogP contribution in [0.1, 0.15) is 50.4 Å². The van der Waals surface area contributed by atoms with Gasteiger partial charge in [0, 0.05) is 5.56 Å². The second-order valence-corrected chi connectivity index (χ2v) is 8.71. The zero-order valence-electron chi connectivity index (χ0n) is 16.5. The number of nitrogens with zero attached hydrogens (tertiary/aromatic N) is 1. The summed E-state index contributed by atoms with van der Waals surface area (Å²) in [5.41, 5.74) is -0.611. The number of carbonyl (C=O) groups is 4. The highest BCUT2D eigenvalue weighted by atomic mass is 16.5. The number of esters is 1. The van der Waals surface area contributed by atoms with Crippen LogP contribution in [0.3, 0.4) is 0 Å². The van der Waals surface area contributed by atoms with E-state index in [1.54, 1.807) is 30.3 Å². The summed E-state index contributed by atoms with van der Waals surface area (Å²) in [5, 5.41) is 2.81. The Bertz CT molecular complexity index is 804. The minimum atomic E-state index is -0.960. The Kier molecular flexibility index (Phi) is 5.28. The molecular weight excluding hydrogens is 360 g/mol. The van der Waals surface area contributed by atoms with Crippen molar-refractivity contribution in [3.63, 3.8) is 0 Å². The number of benzene rings is 1. The average Bonchev–Trinajstić information content (AvgIpc) is 2.82. The second-order valence-electron chi connectivity index (χ2n) is 8.71. The van der Waals surface area contributed by atoms with Gasteiger partial charge in [-0.2, -0.15) is 0 Å². The van der Waals surface area contributed by atoms with Crippen molar-refractivity contribution in [1.29, 1.82) is 0 Å². The molecule has 7 nitrogen and oxygen atoms in total. The molecule has 7 heteroatoms. The van der Waals surface area contributed by atoms with E-state index in [4.69, 9.17) is 4.74 Å². The summed E-state index contributed by atoms with van der Waals surface area (Å²) >= 11 is 0. The molecule has 1 aromatic rings. The van der Waals surface area contributed by atoms with E-state index in [1.807, 2.05) is 0 Å². The van der Waals surface area contributed by atoms with Crippen molar-refractivity contribution in [3.8, 4) is 0 Å². The third-order valence-corrected chi connectivity index (χ3v) is 5.37. The molecule has 1 aromatic carbocycles. The first-order valence-corrected chi connectivity index (χ1v) is 9.50. The van der Waals surface area contributed by atoms with Crippen LogP contribution < -0.4 is 5.32 Å². The zero-order chi connectivity index (χ0) is 20.5. The zero-order valence-corrected chi connectivity index (χ0v) is 16.5. The molecule has 0 unspecified atom stereocenters. The van der Waals surface area contributed by atoms with E-state index in [0.29, 0.717) is 18.4 Å². The number of Topliss-reactive ketones (excluding diaryl/α,β-unsaturated/α-hetero) is 1. The molecule has 1 aliphatic carbocycles. The normalized spacial score (nSPS) is 26.2. The number of ketones is 1. The fourth-order valence-corrected chi connectivity index (χ4v) is 4.68. The molecule has 150 valence electrons. The van der Waals surface area contributed by atoms with Crippen LogP contribution in [-0.2, 0) is 14.3 Å². The molecular formula is C21H26N2O5. The van der Waals surface area contributed by atoms with Gasteiger partial charge in [-0.25, -0.2) is 4.79 Å². The molecule has 2 fully saturated rings. The highest BCUT2D eigenvalue weighted by Crippen LogP contribution is 2.46. The number of amides is 3. The minimum absolute atomic E-state index is 0.0841. The Morgan fingerprint density at radius 1 is 1.18 bits per heavy atom. The van der Waals surface area contributed by atoms with Crippen LogP contribution in [-0.4, -0.2) is 47.3 Å². The Labute approximate surface area is 164 Å². The molecule has 1 saturated heterocycles. The quantitative estimate of drug-likeness (QED) is 0.477. The van der Waals surface area contributed by atoms with Crippen LogP contribution in [0.25, 0.3) is 0 Å². The first kappa shape index (κ1) is 20.0. The van der Waals surface area contributed by atoms with E-state index in [0.717, 1.165) is 11.3 Å². The third-order valence-electron chi connectivity index (χ3n) is 5.37. The number of ether oxygens (including phenoxy) is 1. The largest absolute Gasteiger partial charge is 0.456 e. The van der Waals surface area contributed by atoms with Crippen molar-refractivity contribution in [3.05, 3.63) is 35.9 Å². The van der Waals surface area contributed by atoms with Gasteiger partial charge in [0.15, 0.2) is 12.4 Å². The van der Waals surface area contributed by atoms with Crippen molar-refractivity contribution in [1.82, 2.24) is 10.2 Å². The molecule has 0 aromatic heterocycles. The summed E-state index contributed by atoms with van der Waals surface area (Å²) in [6, 6.07) is 7.89. The molecule has 3 rings (SSSR count). The molecule has 1 aliphatic heterocycles. The lowest BCUT2D eigenvalue weighted by atomic mass is 9.64. The summed E-state index contributed by atoms with van der Waals surface area (Å²) in [5.74, 6) is -1.23. The SMILES string of the molecule is C[C@H]1CC(C)(C)C[C@]2(C1)NC(=O)N(CC(=O)OCC(=O)c1ccccc1)C2=O. The Morgan fingerprint density at radius 3 is 2.50 bits per heavy atom. The highest BCUT2D eigenvalue weighted by Gasteiger charge is 2.56. The van der Waals surface area contributed by atoms with Gasteiger partial charge < -0.3 is 10.1 Å². The molecule has 28 heavy (non-hydrogen) atoms. The highest BCUT2D eigenvalue weighted by molar-refractivity contribution is 6.09. The lowest BCUT2D eigenvalue weighted by molar-refractivity contribution is -0.147. The van der Waals surface area contributed by atoms with Gasteiger partial charge in [-0.15, -0.1) is 0 Å². The molecule has 0 radical (unpaired) electrons. The maximum absolute atomic E-state index is 13.0. The summed E-state index contributed by atoms with van der Waals surface area (Å²) in [6.45, 7) is 5.30. The average molecular weight is 386 g/mol. The van der Waals surface area contributed by atoms with Gasteiger partial charge in [-0.3, -0.25) is 19.3 Å². The number of nitrogens with one attached hydrogen (secondary N) is 1. The van der Waals surface area contributed by atoms with Gasteiger partial charge in [0.05, 0.1) is 0 Å². The number of rotatable bonds is 5. The van der Waals surface area contributed by atoms with E-state index in [-0.39, 0.29) is 23.0 Å². The van der Waals surface area contributed by atoms with E-state index in [1.165, 1.54) is 0 Å². The fraction of sp³-hybridized carbons (Fsp3) is 0.524. The number of hydrogen-bond acceptors (Lipinski definition) is 5. The summed E-state index contributed by atoms with van der Waals surface area (Å²) in [4.78, 5) is 50.5. The molecule has 2 atom stereocenters. The van der Waals surface area contributed by atoms with Crippen molar-refractivity contribution >= 4 is 23.7 Å². The number of carbonyl (C=O) groups excluding carboxylic acids is 4. The molecule has 1 N–H and O–H groups in total. The van der Waals surface area contributed by atoms with Crippen LogP contribution in [0.5, 0.6) is 0 Å². The number of imide groups is 1. The van der Waals surface area contributed by atoms with Gasteiger partial charge in [-0.1, -0.05) is 51.1 Å². The lowest BCUT2D eigenvalue weighted by Crippen LogP contribution is -2.54. The second kappa shape index (κ2) is 7.37. The van der Waals surface area contributed by atoms with Crippen LogP contribution in [0.2, 0.25) is 0 Å². The Morgan fingerprint density at radius 2 is 1.86 bits per heavy atom. The van der Waals surface area contributed by atoms with Crippen molar-refractivity contribution < 1.29 is 23.9 Å². The van der Waals surface area contributed by atoms with Crippen molar-refractivity contribution in [2.75, 3.05) is 13.2 Å². The van der Waals surface area contributed by atoms with Gasteiger partial charge in [-0.05, 0) is 30.6 Å². The summed E-state index contributed by atoms with van der Waals surface area (Å²) in [6.07, 6.45) is 2.06. The van der Waals surface area contributed by atoms with E-state index >= 15 is 0 Å². The number of hydrogen-bond donors (Lipinski definition) is 1. The first-order chi connectivity index (χ1) is 13.1. The predicted octanol–water partition coefficient (Wildman–Crippen LogP) is 2.55. The predicted molar refractivity (Wildman–Crippen MR) is 102 cm³/mol. The van der Waals surface area contributed by atoms with Crippen LogP contribution >= 0.6 is 0 Å². The molecule has 1 saturated carbocycles. The topological polar surface area (TPSA) is 92.8 Å². The smallest absolute Gasteiger partial charge is 0.326 e. The standard InChI is InChI=1S/C21H26N2O5/c1-14-9-20(2,3)13-21(10-14)18(26)23(19(27)22-21)11-17(25)28-12-16(24)15-7-5-4-6-8-15/h4-8,14H,9-13H2,1-3H3,(H,22,27)/t14-,21-/m0/s1. The maximum Gasteiger partial charge on any atom is 0.326 e. The lowest BCUT2D eigenvalue weighted by Gasteiger charge is -2.43. The summed E-state index contributed by atoms with van der Waals surface area (Å²) < 4.78 is 4.99. The van der Waals surface area contributed by atoms with Gasteiger partial charge in [0.1, 0.15) is 12.1 Å². The molecule has 1 heterocycles. The van der Waals surface area contributed by atoms with E-state index < -0.39 is 30.7 Å². The minimum Gasteiger partial charge on any atom is -0.456 e. The third kappa shape index (κ3) is 4.08.